The summed E-state index contributed by atoms with van der Waals surface area (Å²) in [7, 11) is 0. The van der Waals surface area contributed by atoms with Crippen molar-refractivity contribution in [1.82, 2.24) is 15.0 Å². The molecule has 0 aliphatic rings. The van der Waals surface area contributed by atoms with Crippen molar-refractivity contribution < 1.29 is 9.90 Å². The highest BCUT2D eigenvalue weighted by atomic mass is 35.5. The molecule has 7 heteroatoms. The van der Waals surface area contributed by atoms with Gasteiger partial charge in [-0.3, -0.25) is 4.79 Å². The Labute approximate surface area is 162 Å². The van der Waals surface area contributed by atoms with Gasteiger partial charge in [0.25, 0.3) is 0 Å². The quantitative estimate of drug-likeness (QED) is 0.632. The van der Waals surface area contributed by atoms with Gasteiger partial charge in [0, 0.05) is 10.7 Å². The number of hydrogen-bond donors (Lipinski definition) is 2. The molecule has 0 saturated heterocycles. The van der Waals surface area contributed by atoms with Gasteiger partial charge in [0.15, 0.2) is 0 Å². The second-order valence-electron chi connectivity index (χ2n) is 7.05. The summed E-state index contributed by atoms with van der Waals surface area (Å²) < 4.78 is 1.76. The first-order chi connectivity index (χ1) is 12.8. The zero-order valence-corrected chi connectivity index (χ0v) is 15.9. The molecule has 2 aromatic carbocycles. The summed E-state index contributed by atoms with van der Waals surface area (Å²) >= 11 is 6.14. The third kappa shape index (κ3) is 4.65. The minimum absolute atomic E-state index is 0.339. The second kappa shape index (κ2) is 7.80. The number of rotatable bonds is 7. The summed E-state index contributed by atoms with van der Waals surface area (Å²) in [6.07, 6.45) is 1.98. The second-order valence-corrected chi connectivity index (χ2v) is 7.49. The number of halogens is 1. The summed E-state index contributed by atoms with van der Waals surface area (Å²) in [5.74, 6) is -0.139. The lowest BCUT2D eigenvalue weighted by Crippen LogP contribution is -2.26. The lowest BCUT2D eigenvalue weighted by Gasteiger charge is -2.21. The number of hydrogen-bond acceptors (Lipinski definition) is 4. The van der Waals surface area contributed by atoms with Crippen LogP contribution in [0, 0.1) is 5.41 Å². The fourth-order valence-electron chi connectivity index (χ4n) is 2.75. The molecule has 140 valence electrons. The van der Waals surface area contributed by atoms with Gasteiger partial charge >= 0.3 is 5.97 Å². The molecule has 0 bridgehead atoms. The van der Waals surface area contributed by atoms with Crippen molar-refractivity contribution in [1.29, 1.82) is 0 Å². The maximum Gasteiger partial charge on any atom is 0.309 e. The molecular weight excluding hydrogens is 364 g/mol. The van der Waals surface area contributed by atoms with Crippen molar-refractivity contribution in [3.8, 4) is 0 Å². The van der Waals surface area contributed by atoms with Gasteiger partial charge in [0.2, 0.25) is 0 Å². The van der Waals surface area contributed by atoms with Crippen LogP contribution < -0.4 is 5.32 Å². The van der Waals surface area contributed by atoms with Crippen molar-refractivity contribution in [3.63, 3.8) is 0 Å². The first kappa shape index (κ1) is 18.9. The molecule has 0 fully saturated rings. The van der Waals surface area contributed by atoms with Gasteiger partial charge in [-0.15, -0.1) is 5.10 Å². The Bertz CT molecular complexity index is 938. The average molecular weight is 385 g/mol. The number of aliphatic carboxylic acids is 1. The minimum atomic E-state index is -0.913. The monoisotopic (exact) mass is 384 g/mol. The molecule has 2 N–H and O–H groups in total. The van der Waals surface area contributed by atoms with E-state index in [2.05, 4.69) is 15.6 Å². The van der Waals surface area contributed by atoms with E-state index in [1.54, 1.807) is 36.9 Å². The Morgan fingerprint density at radius 3 is 2.67 bits per heavy atom. The smallest absolute Gasteiger partial charge is 0.309 e. The lowest BCUT2D eigenvalue weighted by molar-refractivity contribution is -0.146. The van der Waals surface area contributed by atoms with Crippen LogP contribution in [0.15, 0.2) is 54.7 Å². The first-order valence-electron chi connectivity index (χ1n) is 8.56. The number of carboxylic acid groups (broad SMARTS) is 1. The van der Waals surface area contributed by atoms with Crippen molar-refractivity contribution in [2.24, 2.45) is 5.41 Å². The molecule has 0 radical (unpaired) electrons. The van der Waals surface area contributed by atoms with E-state index in [0.29, 0.717) is 18.0 Å². The molecule has 3 aromatic rings. The van der Waals surface area contributed by atoms with Crippen LogP contribution in [0.25, 0.3) is 0 Å². The lowest BCUT2D eigenvalue weighted by atomic mass is 9.85. The van der Waals surface area contributed by atoms with Gasteiger partial charge in [0.1, 0.15) is 5.82 Å². The summed E-state index contributed by atoms with van der Waals surface area (Å²) in [6.45, 7) is 3.97. The minimum Gasteiger partial charge on any atom is -0.481 e. The van der Waals surface area contributed by atoms with Gasteiger partial charge < -0.3 is 10.4 Å². The van der Waals surface area contributed by atoms with Crippen LogP contribution in [0.5, 0.6) is 0 Å². The zero-order valence-electron chi connectivity index (χ0n) is 15.2. The van der Waals surface area contributed by atoms with Crippen molar-refractivity contribution >= 4 is 29.1 Å². The summed E-state index contributed by atoms with van der Waals surface area (Å²) in [5, 5.41) is 21.5. The van der Waals surface area contributed by atoms with E-state index in [9.17, 15) is 9.90 Å². The molecule has 0 spiro atoms. The van der Waals surface area contributed by atoms with E-state index in [4.69, 9.17) is 11.6 Å². The van der Waals surface area contributed by atoms with Gasteiger partial charge in [-0.2, -0.15) is 0 Å². The third-order valence-corrected chi connectivity index (χ3v) is 4.57. The van der Waals surface area contributed by atoms with Crippen molar-refractivity contribution in [2.75, 3.05) is 5.32 Å². The Morgan fingerprint density at radius 2 is 1.96 bits per heavy atom. The van der Waals surface area contributed by atoms with Crippen LogP contribution in [0.1, 0.15) is 25.0 Å². The van der Waals surface area contributed by atoms with Crippen LogP contribution in [0.2, 0.25) is 5.02 Å². The van der Waals surface area contributed by atoms with Crippen LogP contribution in [-0.2, 0) is 17.8 Å². The molecule has 1 aromatic heterocycles. The largest absolute Gasteiger partial charge is 0.481 e. The van der Waals surface area contributed by atoms with E-state index in [0.717, 1.165) is 22.6 Å². The molecule has 3 rings (SSSR count). The van der Waals surface area contributed by atoms with Crippen LogP contribution >= 0.6 is 11.6 Å². The highest BCUT2D eigenvalue weighted by Crippen LogP contribution is 2.30. The third-order valence-electron chi connectivity index (χ3n) is 4.33. The van der Waals surface area contributed by atoms with Gasteiger partial charge in [0.05, 0.1) is 18.2 Å². The number of carboxylic acids is 1. The Morgan fingerprint density at radius 1 is 1.22 bits per heavy atom. The average Bonchev–Trinajstić information content (AvgIpc) is 3.04. The predicted molar refractivity (Wildman–Crippen MR) is 105 cm³/mol. The van der Waals surface area contributed by atoms with Crippen LogP contribution in [0.4, 0.5) is 11.5 Å². The fraction of sp³-hybridized carbons (Fsp3) is 0.250. The van der Waals surface area contributed by atoms with E-state index in [1.165, 1.54) is 0 Å². The molecule has 0 unspecified atom stereocenters. The molecule has 6 nitrogen and oxygen atoms in total. The van der Waals surface area contributed by atoms with E-state index >= 15 is 0 Å². The molecule has 1 heterocycles. The maximum atomic E-state index is 11.5. The molecule has 0 aliphatic carbocycles. The normalized spacial score (nSPS) is 11.4. The summed E-state index contributed by atoms with van der Waals surface area (Å²) in [6, 6.07) is 15.4. The summed E-state index contributed by atoms with van der Waals surface area (Å²) in [5.41, 5.74) is 1.80. The van der Waals surface area contributed by atoms with E-state index in [-0.39, 0.29) is 0 Å². The van der Waals surface area contributed by atoms with E-state index < -0.39 is 11.4 Å². The summed E-state index contributed by atoms with van der Waals surface area (Å²) in [4.78, 5) is 11.5. The first-order valence-corrected chi connectivity index (χ1v) is 8.94. The molecular formula is C20H21ClN4O2. The van der Waals surface area contributed by atoms with Crippen molar-refractivity contribution in [3.05, 3.63) is 70.9 Å². The number of benzene rings is 2. The highest BCUT2D eigenvalue weighted by molar-refractivity contribution is 6.30. The Kier molecular flexibility index (Phi) is 5.46. The van der Waals surface area contributed by atoms with Crippen LogP contribution in [0.3, 0.4) is 0 Å². The van der Waals surface area contributed by atoms with Crippen molar-refractivity contribution in [2.45, 2.75) is 26.8 Å². The number of anilines is 2. The SMILES string of the molecule is CC(C)(Cc1cc(Cl)ccc1Nc1cnnn1Cc1ccccc1)C(=O)O. The highest BCUT2D eigenvalue weighted by Gasteiger charge is 2.28. The Balaban J connectivity index is 1.87. The molecule has 0 saturated carbocycles. The zero-order chi connectivity index (χ0) is 19.4. The van der Waals surface area contributed by atoms with Crippen LogP contribution in [-0.4, -0.2) is 26.1 Å². The van der Waals surface area contributed by atoms with Gasteiger partial charge in [-0.1, -0.05) is 47.1 Å². The molecule has 0 aliphatic heterocycles. The maximum absolute atomic E-state index is 11.5. The fourth-order valence-corrected chi connectivity index (χ4v) is 2.94. The molecule has 0 amide bonds. The standard InChI is InChI=1S/C20H21ClN4O2/c1-20(2,19(26)27)11-15-10-16(21)8-9-17(15)23-18-12-22-24-25(18)13-14-6-4-3-5-7-14/h3-10,12,23H,11,13H2,1-2H3,(H,26,27). The molecule has 27 heavy (non-hydrogen) atoms. The Hall–Kier alpha value is -2.86. The number of carbonyl (C=O) groups is 1. The number of aromatic nitrogens is 3. The van der Waals surface area contributed by atoms with Gasteiger partial charge in [-0.05, 0) is 49.6 Å². The number of nitrogens with zero attached hydrogens (tertiary/aromatic N) is 3. The predicted octanol–water partition coefficient (Wildman–Crippen LogP) is 4.38. The van der Waals surface area contributed by atoms with E-state index in [1.807, 2.05) is 36.4 Å². The topological polar surface area (TPSA) is 80.0 Å². The molecule has 0 atom stereocenters. The van der Waals surface area contributed by atoms with Gasteiger partial charge in [-0.25, -0.2) is 4.68 Å². The number of nitrogens with one attached hydrogen (secondary N) is 1.